The second kappa shape index (κ2) is 5.24. The molecule has 1 aliphatic heterocycles. The third kappa shape index (κ3) is 2.35. The van der Waals surface area contributed by atoms with E-state index >= 15 is 0 Å². The molecule has 6 heteroatoms. The van der Waals surface area contributed by atoms with Crippen molar-refractivity contribution in [3.05, 3.63) is 33.5 Å². The van der Waals surface area contributed by atoms with E-state index in [9.17, 15) is 14.3 Å². The Hall–Kier alpha value is -1.14. The molecule has 1 aromatic rings. The number of aliphatic hydroxyl groups is 1. The maximum absolute atomic E-state index is 13.8. The van der Waals surface area contributed by atoms with Crippen molar-refractivity contribution in [1.29, 1.82) is 0 Å². The van der Waals surface area contributed by atoms with E-state index in [1.807, 2.05) is 6.07 Å². The van der Waals surface area contributed by atoms with Crippen molar-refractivity contribution in [2.45, 2.75) is 19.0 Å². The van der Waals surface area contributed by atoms with Crippen molar-refractivity contribution in [1.82, 2.24) is 4.90 Å². The number of aliphatic hydroxyl groups excluding tert-OH is 1. The minimum absolute atomic E-state index is 0.117. The van der Waals surface area contributed by atoms with Crippen LogP contribution in [0.1, 0.15) is 11.1 Å². The summed E-state index contributed by atoms with van der Waals surface area (Å²) in [6, 6.07) is 2.81. The molecule has 1 amide bonds. The Morgan fingerprint density at radius 2 is 2.39 bits per heavy atom. The molecule has 18 heavy (non-hydrogen) atoms. The highest BCUT2D eigenvalue weighted by atomic mass is 79.9. The molecule has 0 radical (unpaired) electrons. The lowest BCUT2D eigenvalue weighted by atomic mass is 9.94. The largest absolute Gasteiger partial charge is 0.453 e. The molecule has 0 bridgehead atoms. The van der Waals surface area contributed by atoms with Gasteiger partial charge in [-0.05, 0) is 24.1 Å². The Balaban J connectivity index is 2.38. The number of halogens is 2. The first kappa shape index (κ1) is 13.3. The van der Waals surface area contributed by atoms with Crippen molar-refractivity contribution in [3.63, 3.8) is 0 Å². The van der Waals surface area contributed by atoms with Gasteiger partial charge in [0.05, 0.1) is 26.3 Å². The van der Waals surface area contributed by atoms with Gasteiger partial charge in [-0.15, -0.1) is 0 Å². The molecule has 1 atom stereocenters. The monoisotopic (exact) mass is 317 g/mol. The van der Waals surface area contributed by atoms with Gasteiger partial charge in [-0.25, -0.2) is 9.18 Å². The fraction of sp³-hybridized carbons (Fsp3) is 0.417. The van der Waals surface area contributed by atoms with Gasteiger partial charge < -0.3 is 9.84 Å². The second-order valence-electron chi connectivity index (χ2n) is 4.16. The number of methoxy groups -OCH3 is 1. The van der Waals surface area contributed by atoms with Gasteiger partial charge in [-0.3, -0.25) is 4.90 Å². The topological polar surface area (TPSA) is 49.8 Å². The Morgan fingerprint density at radius 3 is 3.00 bits per heavy atom. The second-order valence-corrected chi connectivity index (χ2v) is 5.08. The molecule has 1 aromatic carbocycles. The van der Waals surface area contributed by atoms with E-state index in [1.165, 1.54) is 18.1 Å². The number of rotatable bonds is 1. The number of hydrogen-bond acceptors (Lipinski definition) is 3. The number of nitrogens with zero attached hydrogens (tertiary/aromatic N) is 1. The van der Waals surface area contributed by atoms with Gasteiger partial charge >= 0.3 is 6.09 Å². The lowest BCUT2D eigenvalue weighted by Gasteiger charge is -2.35. The summed E-state index contributed by atoms with van der Waals surface area (Å²) >= 11 is 3.23. The van der Waals surface area contributed by atoms with Crippen LogP contribution in [-0.2, 0) is 17.7 Å². The van der Waals surface area contributed by atoms with Crippen LogP contribution in [0.15, 0.2) is 16.6 Å². The first-order chi connectivity index (χ1) is 8.56. The third-order valence-electron chi connectivity index (χ3n) is 3.10. The van der Waals surface area contributed by atoms with E-state index in [0.717, 1.165) is 5.56 Å². The molecule has 1 unspecified atom stereocenters. The highest BCUT2D eigenvalue weighted by Gasteiger charge is 2.31. The molecule has 0 saturated heterocycles. The Morgan fingerprint density at radius 1 is 1.67 bits per heavy atom. The maximum atomic E-state index is 13.8. The smallest absolute Gasteiger partial charge is 0.410 e. The van der Waals surface area contributed by atoms with E-state index in [1.54, 1.807) is 0 Å². The van der Waals surface area contributed by atoms with Crippen molar-refractivity contribution >= 4 is 22.0 Å². The van der Waals surface area contributed by atoms with Gasteiger partial charge in [0.1, 0.15) is 5.82 Å². The van der Waals surface area contributed by atoms with Gasteiger partial charge in [-0.1, -0.05) is 15.9 Å². The molecule has 0 spiro atoms. The van der Waals surface area contributed by atoms with Gasteiger partial charge in [0.25, 0.3) is 0 Å². The van der Waals surface area contributed by atoms with Crippen LogP contribution in [0.25, 0.3) is 0 Å². The number of ether oxygens (including phenoxy) is 1. The maximum Gasteiger partial charge on any atom is 0.410 e. The predicted molar refractivity (Wildman–Crippen MR) is 66.6 cm³/mol. The SMILES string of the molecule is COC(=O)N1Cc2c(F)cc(Br)cc2CC1CO. The fourth-order valence-electron chi connectivity index (χ4n) is 2.17. The van der Waals surface area contributed by atoms with Crippen LogP contribution in [0.5, 0.6) is 0 Å². The highest BCUT2D eigenvalue weighted by molar-refractivity contribution is 9.10. The standard InChI is InChI=1S/C12H13BrFNO3/c1-18-12(17)15-5-10-7(3-9(15)6-16)2-8(13)4-11(10)14/h2,4,9,16H,3,5-6H2,1H3. The van der Waals surface area contributed by atoms with Crippen molar-refractivity contribution in [2.75, 3.05) is 13.7 Å². The van der Waals surface area contributed by atoms with Crippen LogP contribution in [0, 0.1) is 5.82 Å². The number of benzene rings is 1. The molecular formula is C12H13BrFNO3. The zero-order valence-electron chi connectivity index (χ0n) is 9.82. The molecule has 1 aliphatic rings. The minimum Gasteiger partial charge on any atom is -0.453 e. The lowest BCUT2D eigenvalue weighted by molar-refractivity contribution is 0.0732. The van der Waals surface area contributed by atoms with E-state index in [2.05, 4.69) is 20.7 Å². The molecule has 0 aromatic heterocycles. The molecule has 4 nitrogen and oxygen atoms in total. The Labute approximate surface area is 112 Å². The summed E-state index contributed by atoms with van der Waals surface area (Å²) in [7, 11) is 1.27. The summed E-state index contributed by atoms with van der Waals surface area (Å²) < 4.78 is 19.1. The van der Waals surface area contributed by atoms with Crippen LogP contribution in [-0.4, -0.2) is 35.9 Å². The number of fused-ring (bicyclic) bond motifs is 1. The molecule has 0 saturated carbocycles. The first-order valence-corrected chi connectivity index (χ1v) is 6.28. The zero-order chi connectivity index (χ0) is 13.3. The van der Waals surface area contributed by atoms with Gasteiger partial charge in [0.15, 0.2) is 0 Å². The minimum atomic E-state index is -0.554. The van der Waals surface area contributed by atoms with Crippen molar-refractivity contribution in [3.8, 4) is 0 Å². The fourth-order valence-corrected chi connectivity index (χ4v) is 2.65. The summed E-state index contributed by atoms with van der Waals surface area (Å²) in [5, 5.41) is 9.32. The van der Waals surface area contributed by atoms with E-state index in [0.29, 0.717) is 16.5 Å². The number of carbonyl (C=O) groups is 1. The average Bonchev–Trinajstić information content (AvgIpc) is 2.36. The first-order valence-electron chi connectivity index (χ1n) is 5.49. The summed E-state index contributed by atoms with van der Waals surface area (Å²) in [5.41, 5.74) is 1.29. The summed E-state index contributed by atoms with van der Waals surface area (Å²) in [6.45, 7) is -0.0605. The average molecular weight is 318 g/mol. The summed E-state index contributed by atoms with van der Waals surface area (Å²) in [5.74, 6) is -0.357. The van der Waals surface area contributed by atoms with Crippen LogP contribution < -0.4 is 0 Å². The highest BCUT2D eigenvalue weighted by Crippen LogP contribution is 2.29. The van der Waals surface area contributed by atoms with Crippen LogP contribution in [0.4, 0.5) is 9.18 Å². The third-order valence-corrected chi connectivity index (χ3v) is 3.56. The number of hydrogen-bond donors (Lipinski definition) is 1. The van der Waals surface area contributed by atoms with Gasteiger partial charge in [0.2, 0.25) is 0 Å². The van der Waals surface area contributed by atoms with Crippen LogP contribution in [0.2, 0.25) is 0 Å². The molecule has 0 aliphatic carbocycles. The Bertz CT molecular complexity index is 481. The predicted octanol–water partition coefficient (Wildman–Crippen LogP) is 2.07. The lowest BCUT2D eigenvalue weighted by Crippen LogP contribution is -2.46. The quantitative estimate of drug-likeness (QED) is 0.862. The van der Waals surface area contributed by atoms with Gasteiger partial charge in [-0.2, -0.15) is 0 Å². The molecular weight excluding hydrogens is 305 g/mol. The van der Waals surface area contributed by atoms with Gasteiger partial charge in [0, 0.05) is 10.0 Å². The normalized spacial score (nSPS) is 18.4. The molecule has 98 valence electrons. The molecule has 0 fully saturated rings. The van der Waals surface area contributed by atoms with Crippen molar-refractivity contribution < 1.29 is 19.0 Å². The Kier molecular flexibility index (Phi) is 3.87. The summed E-state index contributed by atoms with van der Waals surface area (Å²) in [6.07, 6.45) is -0.140. The zero-order valence-corrected chi connectivity index (χ0v) is 11.4. The number of carbonyl (C=O) groups excluding carboxylic acids is 1. The molecule has 2 rings (SSSR count). The number of amides is 1. The summed E-state index contributed by atoms with van der Waals surface area (Å²) in [4.78, 5) is 12.9. The van der Waals surface area contributed by atoms with E-state index in [4.69, 9.17) is 0 Å². The molecule has 1 N–H and O–H groups in total. The van der Waals surface area contributed by atoms with Crippen LogP contribution >= 0.6 is 15.9 Å². The van der Waals surface area contributed by atoms with E-state index in [-0.39, 0.29) is 25.0 Å². The molecule has 1 heterocycles. The van der Waals surface area contributed by atoms with E-state index < -0.39 is 6.09 Å². The van der Waals surface area contributed by atoms with Crippen molar-refractivity contribution in [2.24, 2.45) is 0 Å². The van der Waals surface area contributed by atoms with Crippen LogP contribution in [0.3, 0.4) is 0 Å².